The molecule has 0 bridgehead atoms. The predicted octanol–water partition coefficient (Wildman–Crippen LogP) is 2.30. The highest BCUT2D eigenvalue weighted by Crippen LogP contribution is 2.38. The van der Waals surface area contributed by atoms with Gasteiger partial charge in [-0.3, -0.25) is 9.59 Å². The lowest BCUT2D eigenvalue weighted by Crippen LogP contribution is -2.47. The van der Waals surface area contributed by atoms with Crippen LogP contribution in [0.2, 0.25) is 0 Å². The van der Waals surface area contributed by atoms with Crippen LogP contribution < -0.4 is 5.32 Å². The van der Waals surface area contributed by atoms with Crippen LogP contribution in [0.25, 0.3) is 0 Å². The summed E-state index contributed by atoms with van der Waals surface area (Å²) in [5, 5.41) is 12.2. The van der Waals surface area contributed by atoms with Gasteiger partial charge in [0.25, 0.3) is 0 Å². The van der Waals surface area contributed by atoms with Crippen molar-refractivity contribution in [2.45, 2.75) is 45.6 Å². The van der Waals surface area contributed by atoms with Gasteiger partial charge in [0.15, 0.2) is 0 Å². The largest absolute Gasteiger partial charge is 0.481 e. The monoisotopic (exact) mass is 275 g/mol. The van der Waals surface area contributed by atoms with Crippen molar-refractivity contribution >= 4 is 11.9 Å². The maximum atomic E-state index is 12.1. The Labute approximate surface area is 119 Å². The number of carbonyl (C=O) groups is 2. The molecule has 1 aromatic rings. The van der Waals surface area contributed by atoms with Crippen LogP contribution in [0, 0.1) is 12.3 Å². The molecule has 108 valence electrons. The molecule has 1 amide bonds. The number of benzene rings is 1. The number of hydrogen-bond acceptors (Lipinski definition) is 2. The third-order valence-electron chi connectivity index (χ3n) is 4.39. The third kappa shape index (κ3) is 2.84. The molecule has 1 aromatic carbocycles. The lowest BCUT2D eigenvalue weighted by atomic mass is 9.85. The lowest BCUT2D eigenvalue weighted by molar-refractivity contribution is -0.149. The van der Waals surface area contributed by atoms with Crippen molar-refractivity contribution in [3.63, 3.8) is 0 Å². The summed E-state index contributed by atoms with van der Waals surface area (Å²) >= 11 is 0. The average molecular weight is 275 g/mol. The molecule has 2 unspecified atom stereocenters. The van der Waals surface area contributed by atoms with Crippen molar-refractivity contribution in [3.05, 3.63) is 35.4 Å². The summed E-state index contributed by atoms with van der Waals surface area (Å²) in [5.41, 5.74) is 1.23. The molecular formula is C16H21NO3. The topological polar surface area (TPSA) is 66.4 Å². The van der Waals surface area contributed by atoms with Crippen molar-refractivity contribution < 1.29 is 14.7 Å². The van der Waals surface area contributed by atoms with Crippen LogP contribution in [-0.4, -0.2) is 23.0 Å². The van der Waals surface area contributed by atoms with Gasteiger partial charge in [-0.25, -0.2) is 0 Å². The Morgan fingerprint density at radius 3 is 2.75 bits per heavy atom. The molecule has 2 atom stereocenters. The molecule has 0 saturated heterocycles. The highest BCUT2D eigenvalue weighted by atomic mass is 16.4. The first-order valence-corrected chi connectivity index (χ1v) is 7.01. The van der Waals surface area contributed by atoms with E-state index in [4.69, 9.17) is 0 Å². The minimum absolute atomic E-state index is 0.0984. The Balaban J connectivity index is 2.02. The van der Waals surface area contributed by atoms with E-state index in [2.05, 4.69) is 5.32 Å². The first kappa shape index (κ1) is 14.6. The number of aliphatic carboxylic acids is 1. The molecule has 0 aliphatic heterocycles. The molecule has 4 heteroatoms. The summed E-state index contributed by atoms with van der Waals surface area (Å²) in [7, 11) is 0. The van der Waals surface area contributed by atoms with Crippen molar-refractivity contribution in [1.82, 2.24) is 5.32 Å². The van der Waals surface area contributed by atoms with E-state index in [-0.39, 0.29) is 11.9 Å². The maximum Gasteiger partial charge on any atom is 0.311 e. The number of carbonyl (C=O) groups excluding carboxylic acids is 1. The quantitative estimate of drug-likeness (QED) is 0.886. The number of hydrogen-bond donors (Lipinski definition) is 2. The fraction of sp³-hybridized carbons (Fsp3) is 0.500. The molecule has 1 aliphatic rings. The number of carboxylic acid groups (broad SMARTS) is 1. The molecule has 4 nitrogen and oxygen atoms in total. The van der Waals surface area contributed by atoms with Crippen molar-refractivity contribution in [2.24, 2.45) is 5.41 Å². The zero-order valence-electron chi connectivity index (χ0n) is 12.0. The number of amides is 1. The van der Waals surface area contributed by atoms with Crippen LogP contribution in [-0.2, 0) is 16.0 Å². The van der Waals surface area contributed by atoms with E-state index < -0.39 is 11.4 Å². The van der Waals surface area contributed by atoms with Gasteiger partial charge in [-0.05, 0) is 37.8 Å². The molecule has 0 aromatic heterocycles. The van der Waals surface area contributed by atoms with Crippen LogP contribution in [0.1, 0.15) is 37.3 Å². The van der Waals surface area contributed by atoms with E-state index in [1.54, 1.807) is 6.92 Å². The van der Waals surface area contributed by atoms with Gasteiger partial charge in [0.2, 0.25) is 5.91 Å². The zero-order valence-corrected chi connectivity index (χ0v) is 12.0. The number of carboxylic acids is 1. The van der Waals surface area contributed by atoms with Gasteiger partial charge < -0.3 is 10.4 Å². The third-order valence-corrected chi connectivity index (χ3v) is 4.39. The van der Waals surface area contributed by atoms with E-state index in [0.717, 1.165) is 24.0 Å². The van der Waals surface area contributed by atoms with Crippen molar-refractivity contribution in [3.8, 4) is 0 Å². The van der Waals surface area contributed by atoms with Crippen LogP contribution in [0.15, 0.2) is 24.3 Å². The molecular weight excluding hydrogens is 254 g/mol. The van der Waals surface area contributed by atoms with Gasteiger partial charge >= 0.3 is 5.97 Å². The highest BCUT2D eigenvalue weighted by molar-refractivity contribution is 5.81. The zero-order chi connectivity index (χ0) is 14.8. The summed E-state index contributed by atoms with van der Waals surface area (Å²) in [6, 6.07) is 7.48. The smallest absolute Gasteiger partial charge is 0.311 e. The minimum Gasteiger partial charge on any atom is -0.481 e. The van der Waals surface area contributed by atoms with Gasteiger partial charge in [0.1, 0.15) is 0 Å². The van der Waals surface area contributed by atoms with E-state index in [1.165, 1.54) is 0 Å². The van der Waals surface area contributed by atoms with Gasteiger partial charge in [-0.1, -0.05) is 30.7 Å². The standard InChI is InChI=1S/C16H21NO3/c1-11-6-3-4-7-12(11)10-14(18)17-13-8-5-9-16(13,2)15(19)20/h3-4,6-7,13H,5,8-10H2,1-2H3,(H,17,18)(H,19,20). The predicted molar refractivity (Wildman–Crippen MR) is 76.4 cm³/mol. The summed E-state index contributed by atoms with van der Waals surface area (Å²) in [5.74, 6) is -0.921. The second-order valence-corrected chi connectivity index (χ2v) is 5.84. The van der Waals surface area contributed by atoms with E-state index in [1.807, 2.05) is 31.2 Å². The molecule has 1 fully saturated rings. The number of aryl methyl sites for hydroxylation is 1. The molecule has 0 radical (unpaired) electrons. The van der Waals surface area contributed by atoms with E-state index >= 15 is 0 Å². The Kier molecular flexibility index (Phi) is 4.12. The second kappa shape index (κ2) is 5.65. The fourth-order valence-corrected chi connectivity index (χ4v) is 2.88. The Morgan fingerprint density at radius 2 is 2.10 bits per heavy atom. The first-order valence-electron chi connectivity index (χ1n) is 7.01. The van der Waals surface area contributed by atoms with Gasteiger partial charge in [-0.2, -0.15) is 0 Å². The SMILES string of the molecule is Cc1ccccc1CC(=O)NC1CCCC1(C)C(=O)O. The molecule has 2 N–H and O–H groups in total. The summed E-state index contributed by atoms with van der Waals surface area (Å²) in [4.78, 5) is 23.5. The van der Waals surface area contributed by atoms with Crippen molar-refractivity contribution in [2.75, 3.05) is 0 Å². The van der Waals surface area contributed by atoms with Gasteiger partial charge in [-0.15, -0.1) is 0 Å². The average Bonchev–Trinajstić information content (AvgIpc) is 2.75. The minimum atomic E-state index is -0.832. The van der Waals surface area contributed by atoms with Crippen LogP contribution >= 0.6 is 0 Å². The molecule has 2 rings (SSSR count). The maximum absolute atomic E-state index is 12.1. The Morgan fingerprint density at radius 1 is 1.40 bits per heavy atom. The number of nitrogens with one attached hydrogen (secondary N) is 1. The Hall–Kier alpha value is -1.84. The molecule has 1 saturated carbocycles. The molecule has 1 aliphatic carbocycles. The first-order chi connectivity index (χ1) is 9.43. The van der Waals surface area contributed by atoms with E-state index in [9.17, 15) is 14.7 Å². The summed E-state index contributed by atoms with van der Waals surface area (Å²) < 4.78 is 0. The molecule has 0 heterocycles. The molecule has 0 spiro atoms. The second-order valence-electron chi connectivity index (χ2n) is 5.84. The molecule has 20 heavy (non-hydrogen) atoms. The van der Waals surface area contributed by atoms with Crippen LogP contribution in [0.5, 0.6) is 0 Å². The number of rotatable bonds is 4. The normalized spacial score (nSPS) is 25.4. The lowest BCUT2D eigenvalue weighted by Gasteiger charge is -2.27. The van der Waals surface area contributed by atoms with Crippen LogP contribution in [0.4, 0.5) is 0 Å². The fourth-order valence-electron chi connectivity index (χ4n) is 2.88. The van der Waals surface area contributed by atoms with Crippen molar-refractivity contribution in [1.29, 1.82) is 0 Å². The summed E-state index contributed by atoms with van der Waals surface area (Å²) in [6.45, 7) is 3.70. The van der Waals surface area contributed by atoms with Gasteiger partial charge in [0, 0.05) is 6.04 Å². The highest BCUT2D eigenvalue weighted by Gasteiger charge is 2.45. The Bertz CT molecular complexity index is 526. The van der Waals surface area contributed by atoms with Crippen LogP contribution in [0.3, 0.4) is 0 Å². The summed E-state index contributed by atoms with van der Waals surface area (Å²) in [6.07, 6.45) is 2.51. The van der Waals surface area contributed by atoms with Gasteiger partial charge in [0.05, 0.1) is 11.8 Å². The van der Waals surface area contributed by atoms with E-state index in [0.29, 0.717) is 12.8 Å².